The Morgan fingerprint density at radius 2 is 2.11 bits per heavy atom. The van der Waals surface area contributed by atoms with Crippen LogP contribution in [0.15, 0.2) is 17.5 Å². The lowest BCUT2D eigenvalue weighted by atomic mass is 10.4. The van der Waals surface area contributed by atoms with E-state index in [1.165, 1.54) is 31.6 Å². The molecule has 2 aromatic heterocycles. The van der Waals surface area contributed by atoms with Crippen LogP contribution < -0.4 is 14.8 Å². The van der Waals surface area contributed by atoms with E-state index >= 15 is 0 Å². The predicted octanol–water partition coefficient (Wildman–Crippen LogP) is 2.46. The molecule has 0 aromatic carbocycles. The molecule has 6 nitrogen and oxygen atoms in total. The maximum absolute atomic E-state index is 11.9. The summed E-state index contributed by atoms with van der Waals surface area (Å²) in [4.78, 5) is 20.3. The van der Waals surface area contributed by atoms with Gasteiger partial charge in [-0.1, -0.05) is 11.6 Å². The molecule has 0 radical (unpaired) electrons. The van der Waals surface area contributed by atoms with Crippen LogP contribution in [-0.2, 0) is 0 Å². The van der Waals surface area contributed by atoms with Crippen molar-refractivity contribution in [1.82, 2.24) is 9.97 Å². The first kappa shape index (κ1) is 13.6. The maximum atomic E-state index is 11.9. The van der Waals surface area contributed by atoms with Crippen LogP contribution in [0.25, 0.3) is 0 Å². The summed E-state index contributed by atoms with van der Waals surface area (Å²) in [5, 5.41) is 4.46. The van der Waals surface area contributed by atoms with Crippen molar-refractivity contribution >= 4 is 34.8 Å². The average Bonchev–Trinajstić information content (AvgIpc) is 2.86. The van der Waals surface area contributed by atoms with Gasteiger partial charge in [-0.15, -0.1) is 11.3 Å². The molecule has 0 saturated heterocycles. The number of nitrogens with zero attached hydrogens (tertiary/aromatic N) is 2. The Bertz CT molecular complexity index is 603. The smallest absolute Gasteiger partial charge is 0.268 e. The molecule has 1 amide bonds. The molecule has 0 bridgehead atoms. The van der Waals surface area contributed by atoms with Crippen molar-refractivity contribution in [3.8, 4) is 11.6 Å². The lowest BCUT2D eigenvalue weighted by molar-refractivity contribution is 0.102. The topological polar surface area (TPSA) is 73.3 Å². The number of carbonyl (C=O) groups excluding carboxylic acids is 1. The Morgan fingerprint density at radius 1 is 1.32 bits per heavy atom. The summed E-state index contributed by atoms with van der Waals surface area (Å²) in [7, 11) is 2.99. The summed E-state index contributed by atoms with van der Waals surface area (Å²) in [6.07, 6.45) is 0. The van der Waals surface area contributed by atoms with Gasteiger partial charge in [0.1, 0.15) is 10.9 Å². The Labute approximate surface area is 118 Å². The molecular formula is C11H10ClN3O3S. The van der Waals surface area contributed by atoms with E-state index in [0.29, 0.717) is 10.6 Å². The van der Waals surface area contributed by atoms with Crippen LogP contribution in [0.5, 0.6) is 11.6 Å². The number of ether oxygens (including phenoxy) is 2. The van der Waals surface area contributed by atoms with Gasteiger partial charge in [0.05, 0.1) is 19.1 Å². The highest BCUT2D eigenvalue weighted by molar-refractivity contribution is 7.12. The zero-order valence-corrected chi connectivity index (χ0v) is 11.7. The van der Waals surface area contributed by atoms with E-state index < -0.39 is 0 Å². The van der Waals surface area contributed by atoms with Crippen molar-refractivity contribution in [2.45, 2.75) is 0 Å². The molecule has 0 unspecified atom stereocenters. The van der Waals surface area contributed by atoms with E-state index in [-0.39, 0.29) is 22.9 Å². The summed E-state index contributed by atoms with van der Waals surface area (Å²) < 4.78 is 9.95. The Balaban J connectivity index is 2.16. The number of hydrogen-bond donors (Lipinski definition) is 1. The second kappa shape index (κ2) is 5.85. The number of nitrogens with one attached hydrogen (secondary N) is 1. The van der Waals surface area contributed by atoms with Crippen LogP contribution in [0.1, 0.15) is 9.67 Å². The van der Waals surface area contributed by atoms with Crippen molar-refractivity contribution < 1.29 is 14.3 Å². The second-order valence-electron chi connectivity index (χ2n) is 3.36. The van der Waals surface area contributed by atoms with Gasteiger partial charge in [0.25, 0.3) is 5.91 Å². The van der Waals surface area contributed by atoms with Gasteiger partial charge in [-0.3, -0.25) is 10.1 Å². The molecule has 2 rings (SSSR count). The standard InChI is InChI=1S/C11H10ClN3O3S/c1-17-6-3-7(19-5-6)10(16)15-11-13-8(12)4-9(14-11)18-2/h3-5H,1-2H3,(H,13,14,15,16). The molecule has 0 aliphatic heterocycles. The number of methoxy groups -OCH3 is 2. The first-order chi connectivity index (χ1) is 9.12. The number of amides is 1. The van der Waals surface area contributed by atoms with Gasteiger partial charge in [0.2, 0.25) is 11.8 Å². The number of thiophene rings is 1. The SMILES string of the molecule is COc1csc(C(=O)Nc2nc(Cl)cc(OC)n2)c1. The normalized spacial score (nSPS) is 10.1. The average molecular weight is 300 g/mol. The summed E-state index contributed by atoms with van der Waals surface area (Å²) >= 11 is 7.04. The first-order valence-corrected chi connectivity index (χ1v) is 6.40. The number of aromatic nitrogens is 2. The van der Waals surface area contributed by atoms with Crippen molar-refractivity contribution in [2.24, 2.45) is 0 Å². The van der Waals surface area contributed by atoms with Crippen LogP contribution >= 0.6 is 22.9 Å². The molecule has 1 N–H and O–H groups in total. The van der Waals surface area contributed by atoms with E-state index in [4.69, 9.17) is 21.1 Å². The van der Waals surface area contributed by atoms with E-state index in [1.807, 2.05) is 0 Å². The minimum absolute atomic E-state index is 0.0849. The van der Waals surface area contributed by atoms with E-state index in [0.717, 1.165) is 0 Å². The minimum Gasteiger partial charge on any atom is -0.496 e. The van der Waals surface area contributed by atoms with Gasteiger partial charge in [0, 0.05) is 17.5 Å². The quantitative estimate of drug-likeness (QED) is 0.878. The van der Waals surface area contributed by atoms with Crippen LogP contribution in [0.2, 0.25) is 5.15 Å². The highest BCUT2D eigenvalue weighted by Crippen LogP contribution is 2.22. The lowest BCUT2D eigenvalue weighted by Gasteiger charge is -2.04. The van der Waals surface area contributed by atoms with Crippen molar-refractivity contribution in [1.29, 1.82) is 0 Å². The molecule has 2 aromatic rings. The summed E-state index contributed by atoms with van der Waals surface area (Å²) in [6, 6.07) is 3.08. The minimum atomic E-state index is -0.336. The van der Waals surface area contributed by atoms with Gasteiger partial charge in [-0.05, 0) is 0 Å². The predicted molar refractivity (Wildman–Crippen MR) is 72.4 cm³/mol. The van der Waals surface area contributed by atoms with Crippen molar-refractivity contribution in [3.63, 3.8) is 0 Å². The van der Waals surface area contributed by atoms with Gasteiger partial charge >= 0.3 is 0 Å². The van der Waals surface area contributed by atoms with E-state index in [2.05, 4.69) is 15.3 Å². The summed E-state index contributed by atoms with van der Waals surface area (Å²) in [5.74, 6) is 0.651. The number of anilines is 1. The number of hydrogen-bond acceptors (Lipinski definition) is 6. The van der Waals surface area contributed by atoms with Gasteiger partial charge < -0.3 is 9.47 Å². The molecule has 0 saturated carbocycles. The van der Waals surface area contributed by atoms with E-state index in [1.54, 1.807) is 11.4 Å². The Hall–Kier alpha value is -1.86. The van der Waals surface area contributed by atoms with Crippen molar-refractivity contribution in [3.05, 3.63) is 27.5 Å². The molecule has 8 heteroatoms. The molecule has 0 atom stereocenters. The third-order valence-corrected chi connectivity index (χ3v) is 3.24. The van der Waals surface area contributed by atoms with Gasteiger partial charge in [-0.2, -0.15) is 4.98 Å². The fourth-order valence-electron chi connectivity index (χ4n) is 1.27. The number of rotatable bonds is 4. The zero-order chi connectivity index (χ0) is 13.8. The third-order valence-electron chi connectivity index (χ3n) is 2.14. The van der Waals surface area contributed by atoms with Crippen LogP contribution in [0.3, 0.4) is 0 Å². The summed E-state index contributed by atoms with van der Waals surface area (Å²) in [5.41, 5.74) is 0. The molecule has 0 spiro atoms. The monoisotopic (exact) mass is 299 g/mol. The van der Waals surface area contributed by atoms with Crippen molar-refractivity contribution in [2.75, 3.05) is 19.5 Å². The van der Waals surface area contributed by atoms with Crippen LogP contribution in [0.4, 0.5) is 5.95 Å². The molecule has 19 heavy (non-hydrogen) atoms. The highest BCUT2D eigenvalue weighted by atomic mass is 35.5. The Morgan fingerprint density at radius 3 is 2.74 bits per heavy atom. The third kappa shape index (κ3) is 3.33. The molecule has 0 aliphatic rings. The fraction of sp³-hybridized carbons (Fsp3) is 0.182. The molecule has 0 fully saturated rings. The van der Waals surface area contributed by atoms with Crippen LogP contribution in [-0.4, -0.2) is 30.1 Å². The van der Waals surface area contributed by atoms with Crippen LogP contribution in [0, 0.1) is 0 Å². The fourth-order valence-corrected chi connectivity index (χ4v) is 2.19. The largest absolute Gasteiger partial charge is 0.496 e. The molecule has 0 aliphatic carbocycles. The maximum Gasteiger partial charge on any atom is 0.268 e. The van der Waals surface area contributed by atoms with E-state index in [9.17, 15) is 4.79 Å². The Kier molecular flexibility index (Phi) is 4.18. The number of halogens is 1. The molecular weight excluding hydrogens is 290 g/mol. The second-order valence-corrected chi connectivity index (χ2v) is 4.66. The summed E-state index contributed by atoms with van der Waals surface area (Å²) in [6.45, 7) is 0. The van der Waals surface area contributed by atoms with Gasteiger partial charge in [-0.25, -0.2) is 4.98 Å². The number of carbonyl (C=O) groups is 1. The van der Waals surface area contributed by atoms with Gasteiger partial charge in [0.15, 0.2) is 0 Å². The molecule has 100 valence electrons. The zero-order valence-electron chi connectivity index (χ0n) is 10.1. The highest BCUT2D eigenvalue weighted by Gasteiger charge is 2.12. The first-order valence-electron chi connectivity index (χ1n) is 5.15. The lowest BCUT2D eigenvalue weighted by Crippen LogP contribution is -2.13. The molecule has 2 heterocycles.